The molecule has 1 aromatic rings. The molecule has 5 nitrogen and oxygen atoms in total. The van der Waals surface area contributed by atoms with Crippen LogP contribution in [0.4, 0.5) is 0 Å². The van der Waals surface area contributed by atoms with Crippen LogP contribution in [0.25, 0.3) is 0 Å². The third kappa shape index (κ3) is 3.98. The molecule has 0 saturated carbocycles. The fourth-order valence-corrected chi connectivity index (χ4v) is 2.61. The molecule has 19 heavy (non-hydrogen) atoms. The highest BCUT2D eigenvalue weighted by Gasteiger charge is 2.21. The predicted octanol–water partition coefficient (Wildman–Crippen LogP) is 2.31. The lowest BCUT2D eigenvalue weighted by Gasteiger charge is -2.17. The van der Waals surface area contributed by atoms with E-state index in [1.807, 2.05) is 13.8 Å². The monoisotopic (exact) mass is 306 g/mol. The Morgan fingerprint density at radius 2 is 2.00 bits per heavy atom. The van der Waals surface area contributed by atoms with E-state index in [0.29, 0.717) is 18.8 Å². The van der Waals surface area contributed by atoms with Crippen molar-refractivity contribution in [3.63, 3.8) is 0 Å². The molecule has 7 heteroatoms. The first-order valence-electron chi connectivity index (χ1n) is 6.21. The zero-order chi connectivity index (χ0) is 14.6. The number of amides is 1. The van der Waals surface area contributed by atoms with E-state index in [1.54, 1.807) is 16.5 Å². The molecule has 0 radical (unpaired) electrons. The molecule has 0 unspecified atom stereocenters. The maximum absolute atomic E-state index is 12.2. The van der Waals surface area contributed by atoms with Gasteiger partial charge in [-0.25, -0.2) is 8.42 Å². The molecular formula is C12H19ClN2O3S. The summed E-state index contributed by atoms with van der Waals surface area (Å²) in [5.74, 6) is -0.193. The standard InChI is InChI=1S/C12H19ClN2O3S/c1-4-6-14(3)12(16)11-8-10(19(13,17)18)9-15(11)7-5-2/h8-9H,4-7H2,1-3H3. The summed E-state index contributed by atoms with van der Waals surface area (Å²) in [5, 5.41) is 0. The highest BCUT2D eigenvalue weighted by molar-refractivity contribution is 8.13. The molecule has 1 rings (SSSR count). The molecular weight excluding hydrogens is 288 g/mol. The third-order valence-electron chi connectivity index (χ3n) is 2.74. The van der Waals surface area contributed by atoms with Gasteiger partial charge in [0.1, 0.15) is 10.6 Å². The minimum absolute atomic E-state index is 0.0316. The van der Waals surface area contributed by atoms with E-state index >= 15 is 0 Å². The van der Waals surface area contributed by atoms with Crippen LogP contribution in [0.2, 0.25) is 0 Å². The van der Waals surface area contributed by atoms with E-state index in [0.717, 1.165) is 12.8 Å². The summed E-state index contributed by atoms with van der Waals surface area (Å²) >= 11 is 0. The van der Waals surface area contributed by atoms with Crippen LogP contribution >= 0.6 is 10.7 Å². The molecule has 0 fully saturated rings. The van der Waals surface area contributed by atoms with Crippen LogP contribution in [-0.2, 0) is 15.6 Å². The molecule has 0 aliphatic heterocycles. The lowest BCUT2D eigenvalue weighted by molar-refractivity contribution is 0.0784. The normalized spacial score (nSPS) is 11.6. The Balaban J connectivity index is 3.18. The highest BCUT2D eigenvalue weighted by Crippen LogP contribution is 2.20. The average molecular weight is 307 g/mol. The second kappa shape index (κ2) is 6.43. The molecule has 1 heterocycles. The lowest BCUT2D eigenvalue weighted by Crippen LogP contribution is -2.29. The molecule has 0 bridgehead atoms. The van der Waals surface area contributed by atoms with E-state index in [9.17, 15) is 13.2 Å². The van der Waals surface area contributed by atoms with Crippen molar-refractivity contribution in [3.05, 3.63) is 18.0 Å². The van der Waals surface area contributed by atoms with Crippen LogP contribution < -0.4 is 0 Å². The first-order chi connectivity index (χ1) is 8.81. The summed E-state index contributed by atoms with van der Waals surface area (Å²) in [4.78, 5) is 13.8. The van der Waals surface area contributed by atoms with Gasteiger partial charge in [-0.1, -0.05) is 13.8 Å². The zero-order valence-electron chi connectivity index (χ0n) is 11.4. The minimum atomic E-state index is -3.81. The quantitative estimate of drug-likeness (QED) is 0.758. The Labute approximate surface area is 118 Å². The molecule has 0 spiro atoms. The van der Waals surface area contributed by atoms with Gasteiger partial charge in [-0.05, 0) is 18.9 Å². The summed E-state index contributed by atoms with van der Waals surface area (Å²) in [6, 6.07) is 1.34. The van der Waals surface area contributed by atoms with Crippen LogP contribution in [0, 0.1) is 0 Å². The van der Waals surface area contributed by atoms with Gasteiger partial charge in [0.05, 0.1) is 0 Å². The van der Waals surface area contributed by atoms with Crippen molar-refractivity contribution in [1.82, 2.24) is 9.47 Å². The molecule has 1 aromatic heterocycles. The van der Waals surface area contributed by atoms with Crippen LogP contribution in [-0.4, -0.2) is 37.4 Å². The molecule has 1 amide bonds. The van der Waals surface area contributed by atoms with Gasteiger partial charge in [0, 0.05) is 37.0 Å². The summed E-state index contributed by atoms with van der Waals surface area (Å²) in [6.45, 7) is 5.13. The maximum Gasteiger partial charge on any atom is 0.270 e. The number of aromatic nitrogens is 1. The topological polar surface area (TPSA) is 59.4 Å². The van der Waals surface area contributed by atoms with E-state index < -0.39 is 9.05 Å². The molecule has 0 aliphatic carbocycles. The Hall–Kier alpha value is -1.01. The number of nitrogens with zero attached hydrogens (tertiary/aromatic N) is 2. The van der Waals surface area contributed by atoms with Gasteiger partial charge >= 0.3 is 0 Å². The zero-order valence-corrected chi connectivity index (χ0v) is 13.0. The second-order valence-electron chi connectivity index (χ2n) is 4.42. The Kier molecular flexibility index (Phi) is 5.43. The van der Waals surface area contributed by atoms with Gasteiger partial charge in [0.15, 0.2) is 0 Å². The number of carbonyl (C=O) groups is 1. The third-order valence-corrected chi connectivity index (χ3v) is 4.06. The molecule has 0 aliphatic rings. The van der Waals surface area contributed by atoms with Crippen molar-refractivity contribution in [1.29, 1.82) is 0 Å². The smallest absolute Gasteiger partial charge is 0.270 e. The van der Waals surface area contributed by atoms with E-state index in [-0.39, 0.29) is 10.8 Å². The Bertz CT molecular complexity index is 551. The minimum Gasteiger partial charge on any atom is -0.342 e. The largest absolute Gasteiger partial charge is 0.342 e. The first-order valence-corrected chi connectivity index (χ1v) is 8.52. The summed E-state index contributed by atoms with van der Waals surface area (Å²) in [7, 11) is 3.21. The van der Waals surface area contributed by atoms with Crippen molar-refractivity contribution < 1.29 is 13.2 Å². The molecule has 0 N–H and O–H groups in total. The SMILES string of the molecule is CCCN(C)C(=O)c1cc(S(=O)(=O)Cl)cn1CCC. The van der Waals surface area contributed by atoms with Gasteiger partial charge in [0.2, 0.25) is 0 Å². The van der Waals surface area contributed by atoms with Gasteiger partial charge in [-0.2, -0.15) is 0 Å². The molecule has 0 atom stereocenters. The van der Waals surface area contributed by atoms with Gasteiger partial charge in [-0.3, -0.25) is 4.79 Å². The van der Waals surface area contributed by atoms with Crippen LogP contribution in [0.3, 0.4) is 0 Å². The van der Waals surface area contributed by atoms with Gasteiger partial charge in [-0.15, -0.1) is 0 Å². The Morgan fingerprint density at radius 3 is 2.47 bits per heavy atom. The van der Waals surface area contributed by atoms with E-state index in [1.165, 1.54) is 12.3 Å². The number of hydrogen-bond acceptors (Lipinski definition) is 3. The second-order valence-corrected chi connectivity index (χ2v) is 6.98. The molecule has 108 valence electrons. The molecule has 0 saturated heterocycles. The predicted molar refractivity (Wildman–Crippen MR) is 75.0 cm³/mol. The van der Waals surface area contributed by atoms with Gasteiger partial charge in [0.25, 0.3) is 15.0 Å². The van der Waals surface area contributed by atoms with Crippen LogP contribution in [0.5, 0.6) is 0 Å². The van der Waals surface area contributed by atoms with E-state index in [2.05, 4.69) is 0 Å². The summed E-state index contributed by atoms with van der Waals surface area (Å²) < 4.78 is 24.3. The maximum atomic E-state index is 12.2. The fraction of sp³-hybridized carbons (Fsp3) is 0.583. The highest BCUT2D eigenvalue weighted by atomic mass is 35.7. The summed E-state index contributed by atoms with van der Waals surface area (Å²) in [6.07, 6.45) is 3.06. The fourth-order valence-electron chi connectivity index (χ4n) is 1.85. The summed E-state index contributed by atoms with van der Waals surface area (Å²) in [5.41, 5.74) is 0.358. The lowest BCUT2D eigenvalue weighted by atomic mass is 10.3. The van der Waals surface area contributed by atoms with Crippen molar-refractivity contribution >= 4 is 25.6 Å². The first kappa shape index (κ1) is 16.0. The van der Waals surface area contributed by atoms with Gasteiger partial charge < -0.3 is 9.47 Å². The van der Waals surface area contributed by atoms with Crippen molar-refractivity contribution in [2.45, 2.75) is 38.1 Å². The van der Waals surface area contributed by atoms with E-state index in [4.69, 9.17) is 10.7 Å². The molecule has 0 aromatic carbocycles. The number of aryl methyl sites for hydroxylation is 1. The number of carbonyl (C=O) groups excluding carboxylic acids is 1. The Morgan fingerprint density at radius 1 is 1.37 bits per heavy atom. The van der Waals surface area contributed by atoms with Crippen molar-refractivity contribution in [2.75, 3.05) is 13.6 Å². The van der Waals surface area contributed by atoms with Crippen molar-refractivity contribution in [2.24, 2.45) is 0 Å². The van der Waals surface area contributed by atoms with Crippen LogP contribution in [0.15, 0.2) is 17.2 Å². The average Bonchev–Trinajstić information content (AvgIpc) is 2.72. The number of rotatable bonds is 6. The van der Waals surface area contributed by atoms with Crippen LogP contribution in [0.1, 0.15) is 37.2 Å². The number of hydrogen-bond donors (Lipinski definition) is 0. The number of halogens is 1. The van der Waals surface area contributed by atoms with Crippen molar-refractivity contribution in [3.8, 4) is 0 Å².